The number of aryl methyl sites for hydroxylation is 1. The van der Waals surface area contributed by atoms with E-state index in [9.17, 15) is 17.6 Å². The molecule has 0 spiro atoms. The quantitative estimate of drug-likeness (QED) is 0.784. The molecular weight excluding hydrogens is 373 g/mol. The van der Waals surface area contributed by atoms with Crippen LogP contribution in [0.2, 0.25) is 0 Å². The molecule has 0 radical (unpaired) electrons. The normalized spacial score (nSPS) is 17.5. The summed E-state index contributed by atoms with van der Waals surface area (Å²) in [6.45, 7) is 0.779. The third-order valence-electron chi connectivity index (χ3n) is 4.79. The predicted octanol–water partition coefficient (Wildman–Crippen LogP) is 0.833. The fourth-order valence-electron chi connectivity index (χ4n) is 3.09. The van der Waals surface area contributed by atoms with E-state index in [1.165, 1.54) is 16.4 Å². The van der Waals surface area contributed by atoms with Crippen LogP contribution < -0.4 is 5.32 Å². The number of rotatable bonds is 6. The van der Waals surface area contributed by atoms with Gasteiger partial charge >= 0.3 is 0 Å². The number of nitrogens with one attached hydrogen (secondary N) is 1. The number of carbonyl (C=O) groups is 1. The number of amides is 1. The second-order valence-electron chi connectivity index (χ2n) is 6.84. The molecule has 2 aliphatic rings. The maximum atomic E-state index is 13.1. The van der Waals surface area contributed by atoms with Crippen LogP contribution >= 0.6 is 0 Å². The van der Waals surface area contributed by atoms with E-state index >= 15 is 0 Å². The van der Waals surface area contributed by atoms with Gasteiger partial charge < -0.3 is 5.32 Å². The second-order valence-corrected chi connectivity index (χ2v) is 8.78. The van der Waals surface area contributed by atoms with Crippen LogP contribution in [0, 0.1) is 5.82 Å². The summed E-state index contributed by atoms with van der Waals surface area (Å²) in [4.78, 5) is 11.9. The minimum atomic E-state index is -3.74. The lowest BCUT2D eigenvalue weighted by Gasteiger charge is -2.27. The number of aromatic nitrogens is 3. The van der Waals surface area contributed by atoms with E-state index in [1.54, 1.807) is 4.68 Å². The summed E-state index contributed by atoms with van der Waals surface area (Å²) in [6, 6.07) is 5.09. The largest absolute Gasteiger partial charge is 0.353 e. The number of hydrogen-bond donors (Lipinski definition) is 1. The van der Waals surface area contributed by atoms with Crippen LogP contribution in [0.3, 0.4) is 0 Å². The van der Waals surface area contributed by atoms with E-state index in [2.05, 4.69) is 15.6 Å². The summed E-state index contributed by atoms with van der Waals surface area (Å²) in [5, 5.41) is 11.1. The maximum absolute atomic E-state index is 13.1. The predicted molar refractivity (Wildman–Crippen MR) is 93.5 cm³/mol. The summed E-state index contributed by atoms with van der Waals surface area (Å²) < 4.78 is 41.8. The summed E-state index contributed by atoms with van der Waals surface area (Å²) in [5.41, 5.74) is 1.34. The fraction of sp³-hybridized carbons (Fsp3) is 0.471. The van der Waals surface area contributed by atoms with Gasteiger partial charge in [0, 0.05) is 25.4 Å². The van der Waals surface area contributed by atoms with E-state index in [0.717, 1.165) is 25.0 Å². The number of benzene rings is 1. The van der Waals surface area contributed by atoms with Gasteiger partial charge in [-0.15, -0.1) is 5.10 Å². The van der Waals surface area contributed by atoms with Gasteiger partial charge in [-0.05, 0) is 37.1 Å². The molecule has 0 saturated heterocycles. The molecule has 2 heterocycles. The lowest BCUT2D eigenvalue weighted by Crippen LogP contribution is -2.38. The summed E-state index contributed by atoms with van der Waals surface area (Å²) >= 11 is 0. The Kier molecular flexibility index (Phi) is 4.68. The minimum absolute atomic E-state index is 0.0224. The molecule has 4 rings (SSSR count). The first-order valence-electron chi connectivity index (χ1n) is 8.90. The number of carbonyl (C=O) groups excluding carboxylic acids is 1. The van der Waals surface area contributed by atoms with E-state index in [0.29, 0.717) is 36.8 Å². The molecular formula is C17H20FN5O3S. The van der Waals surface area contributed by atoms with Gasteiger partial charge in [0.05, 0.1) is 29.4 Å². The summed E-state index contributed by atoms with van der Waals surface area (Å²) in [5.74, 6) is -0.507. The highest BCUT2D eigenvalue weighted by molar-refractivity contribution is 7.89. The highest BCUT2D eigenvalue weighted by Gasteiger charge is 2.31. The van der Waals surface area contributed by atoms with E-state index < -0.39 is 15.8 Å². The molecule has 1 amide bonds. The van der Waals surface area contributed by atoms with Gasteiger partial charge in [-0.25, -0.2) is 17.5 Å². The molecule has 1 aromatic carbocycles. The Morgan fingerprint density at radius 2 is 1.96 bits per heavy atom. The highest BCUT2D eigenvalue weighted by Crippen LogP contribution is 2.23. The van der Waals surface area contributed by atoms with Gasteiger partial charge in [0.15, 0.2) is 0 Å². The topological polar surface area (TPSA) is 97.2 Å². The first kappa shape index (κ1) is 18.1. The van der Waals surface area contributed by atoms with Crippen LogP contribution in [0.25, 0.3) is 0 Å². The maximum Gasteiger partial charge on any atom is 0.243 e. The third-order valence-corrected chi connectivity index (χ3v) is 6.65. The van der Waals surface area contributed by atoms with Crippen LogP contribution in [0.1, 0.15) is 30.7 Å². The van der Waals surface area contributed by atoms with E-state index in [-0.39, 0.29) is 23.9 Å². The molecule has 1 saturated carbocycles. The Morgan fingerprint density at radius 1 is 1.22 bits per heavy atom. The van der Waals surface area contributed by atoms with Gasteiger partial charge in [-0.1, -0.05) is 5.21 Å². The van der Waals surface area contributed by atoms with Gasteiger partial charge in [0.25, 0.3) is 0 Å². The minimum Gasteiger partial charge on any atom is -0.353 e. The van der Waals surface area contributed by atoms with Crippen molar-refractivity contribution in [1.29, 1.82) is 0 Å². The molecule has 1 aliphatic carbocycles. The fourth-order valence-corrected chi connectivity index (χ4v) is 4.48. The Hall–Kier alpha value is -2.33. The number of hydrogen-bond acceptors (Lipinski definition) is 5. The first-order chi connectivity index (χ1) is 12.9. The van der Waals surface area contributed by atoms with Crippen molar-refractivity contribution < 1.29 is 17.6 Å². The smallest absolute Gasteiger partial charge is 0.243 e. The molecule has 0 unspecified atom stereocenters. The molecule has 10 heteroatoms. The lowest BCUT2D eigenvalue weighted by molar-refractivity contribution is -0.121. The van der Waals surface area contributed by atoms with Gasteiger partial charge in [0.1, 0.15) is 5.82 Å². The molecule has 2 aromatic rings. The Labute approximate surface area is 156 Å². The van der Waals surface area contributed by atoms with Crippen molar-refractivity contribution in [1.82, 2.24) is 24.6 Å². The molecule has 0 atom stereocenters. The van der Waals surface area contributed by atoms with Crippen LogP contribution in [0.5, 0.6) is 0 Å². The van der Waals surface area contributed by atoms with Gasteiger partial charge in [-0.3, -0.25) is 4.79 Å². The SMILES string of the molecule is O=C(CCc1nnn2c1CN(S(=O)(=O)c1ccc(F)cc1)CC2)NC1CC1. The van der Waals surface area contributed by atoms with E-state index in [4.69, 9.17) is 0 Å². The molecule has 27 heavy (non-hydrogen) atoms. The average Bonchev–Trinajstić information content (AvgIpc) is 3.37. The van der Waals surface area contributed by atoms with Crippen molar-refractivity contribution in [3.8, 4) is 0 Å². The van der Waals surface area contributed by atoms with Crippen molar-refractivity contribution in [3.05, 3.63) is 41.5 Å². The van der Waals surface area contributed by atoms with Crippen molar-refractivity contribution >= 4 is 15.9 Å². The van der Waals surface area contributed by atoms with Crippen molar-refractivity contribution in [2.24, 2.45) is 0 Å². The second kappa shape index (κ2) is 7.01. The molecule has 0 bridgehead atoms. The zero-order valence-corrected chi connectivity index (χ0v) is 15.5. The van der Waals surface area contributed by atoms with Gasteiger partial charge in [0.2, 0.25) is 15.9 Å². The van der Waals surface area contributed by atoms with Crippen LogP contribution in [-0.4, -0.2) is 46.2 Å². The molecule has 8 nitrogen and oxygen atoms in total. The molecule has 144 valence electrons. The van der Waals surface area contributed by atoms with Crippen molar-refractivity contribution in [2.45, 2.75) is 49.7 Å². The monoisotopic (exact) mass is 393 g/mol. The van der Waals surface area contributed by atoms with Crippen LogP contribution in [0.4, 0.5) is 4.39 Å². The first-order valence-corrected chi connectivity index (χ1v) is 10.3. The van der Waals surface area contributed by atoms with Crippen molar-refractivity contribution in [3.63, 3.8) is 0 Å². The van der Waals surface area contributed by atoms with Crippen LogP contribution in [0.15, 0.2) is 29.2 Å². The Bertz CT molecular complexity index is 953. The molecule has 1 aliphatic heterocycles. The average molecular weight is 393 g/mol. The number of sulfonamides is 1. The highest BCUT2D eigenvalue weighted by atomic mass is 32.2. The third kappa shape index (κ3) is 3.86. The van der Waals surface area contributed by atoms with Gasteiger partial charge in [-0.2, -0.15) is 4.31 Å². The lowest BCUT2D eigenvalue weighted by atomic mass is 10.1. The van der Waals surface area contributed by atoms with E-state index in [1.807, 2.05) is 0 Å². The number of nitrogens with zero attached hydrogens (tertiary/aromatic N) is 4. The molecule has 1 fully saturated rings. The zero-order chi connectivity index (χ0) is 19.0. The Balaban J connectivity index is 1.47. The van der Waals surface area contributed by atoms with Crippen molar-refractivity contribution in [2.75, 3.05) is 6.54 Å². The number of halogens is 1. The molecule has 1 N–H and O–H groups in total. The Morgan fingerprint density at radius 3 is 2.67 bits per heavy atom. The summed E-state index contributed by atoms with van der Waals surface area (Å²) in [7, 11) is -3.74. The molecule has 1 aromatic heterocycles. The standard InChI is InChI=1S/C17H20FN5O3S/c18-12-1-5-14(6-2-12)27(25,26)22-9-10-23-16(11-22)15(20-21-23)7-8-17(24)19-13-3-4-13/h1-2,5-6,13H,3-4,7-11H2,(H,19,24). The number of fused-ring (bicyclic) bond motifs is 1. The zero-order valence-electron chi connectivity index (χ0n) is 14.6. The van der Waals surface area contributed by atoms with Crippen LogP contribution in [-0.2, 0) is 34.3 Å². The summed E-state index contributed by atoms with van der Waals surface area (Å²) in [6.07, 6.45) is 2.78.